The fourth-order valence-corrected chi connectivity index (χ4v) is 18.9. The molecular weight excluding hydrogens is 1550 g/mol. The molecule has 0 fully saturated rings. The fourth-order valence-electron chi connectivity index (χ4n) is 18.9. The van der Waals surface area contributed by atoms with E-state index in [-0.39, 0.29) is 0 Å². The van der Waals surface area contributed by atoms with Gasteiger partial charge in [0.2, 0.25) is 0 Å². The number of pyridine rings is 2. The lowest BCUT2D eigenvalue weighted by molar-refractivity contribution is 0.668. The van der Waals surface area contributed by atoms with Gasteiger partial charge in [-0.15, -0.1) is 0 Å². The zero-order valence-corrected chi connectivity index (χ0v) is 68.5. The molecule has 0 spiro atoms. The lowest BCUT2D eigenvalue weighted by Crippen LogP contribution is -1.96. The lowest BCUT2D eigenvalue weighted by atomic mass is 9.90. The second-order valence-electron chi connectivity index (χ2n) is 32.1. The third kappa shape index (κ3) is 13.0. The van der Waals surface area contributed by atoms with Gasteiger partial charge in [-0.05, 0) is 173 Å². The fraction of sp³-hybridized carbons (Fsp3) is 0. The Hall–Kier alpha value is -17.1. The molecule has 0 bridgehead atoms. The summed E-state index contributed by atoms with van der Waals surface area (Å²) in [5.41, 5.74) is 30.9. The van der Waals surface area contributed by atoms with Crippen molar-refractivity contribution in [3.63, 3.8) is 0 Å². The minimum atomic E-state index is 0.869. The van der Waals surface area contributed by atoms with E-state index in [4.69, 9.17) is 43.2 Å². The minimum Gasteiger partial charge on any atom is -0.456 e. The summed E-state index contributed by atoms with van der Waals surface area (Å²) in [6, 6.07) is 150. The molecule has 592 valence electrons. The highest BCUT2D eigenvalue weighted by molar-refractivity contribution is 6.20. The van der Waals surface area contributed by atoms with Crippen LogP contribution in [-0.2, 0) is 0 Å². The maximum Gasteiger partial charge on any atom is 0.136 e. The van der Waals surface area contributed by atoms with Crippen LogP contribution >= 0.6 is 0 Å². The second kappa shape index (κ2) is 31.1. The van der Waals surface area contributed by atoms with E-state index in [0.717, 1.165) is 199 Å². The first-order valence-corrected chi connectivity index (χ1v) is 42.8. The summed E-state index contributed by atoms with van der Waals surface area (Å²) in [5, 5.41) is 17.3. The van der Waals surface area contributed by atoms with Gasteiger partial charge in [-0.3, -0.25) is 4.98 Å². The highest BCUT2D eigenvalue weighted by Gasteiger charge is 2.24. The molecular formula is C118H72N6O3. The molecule has 9 heteroatoms. The van der Waals surface area contributed by atoms with Crippen LogP contribution in [-0.4, -0.2) is 29.9 Å². The highest BCUT2D eigenvalue weighted by Crippen LogP contribution is 2.48. The molecule has 0 aliphatic carbocycles. The van der Waals surface area contributed by atoms with Crippen molar-refractivity contribution in [2.75, 3.05) is 0 Å². The summed E-state index contributed by atoms with van der Waals surface area (Å²) < 4.78 is 18.7. The van der Waals surface area contributed by atoms with Gasteiger partial charge < -0.3 is 13.3 Å². The summed E-state index contributed by atoms with van der Waals surface area (Å²) in [5.74, 6) is 0. The number of rotatable bonds is 10. The predicted molar refractivity (Wildman–Crippen MR) is 525 cm³/mol. The molecule has 0 aliphatic heterocycles. The van der Waals surface area contributed by atoms with Crippen LogP contribution in [0.2, 0.25) is 0 Å². The molecule has 26 aromatic rings. The van der Waals surface area contributed by atoms with E-state index in [9.17, 15) is 0 Å². The number of fused-ring (bicyclic) bond motifs is 16. The van der Waals surface area contributed by atoms with Crippen molar-refractivity contribution in [3.05, 3.63) is 437 Å². The molecule has 0 saturated heterocycles. The Bertz CT molecular complexity index is 8860. The van der Waals surface area contributed by atoms with Gasteiger partial charge in [0.05, 0.1) is 61.7 Å². The average Bonchev–Trinajstić information content (AvgIpc) is 1.65. The van der Waals surface area contributed by atoms with Crippen molar-refractivity contribution < 1.29 is 13.3 Å². The van der Waals surface area contributed by atoms with Gasteiger partial charge in [-0.25, -0.2) is 24.9 Å². The zero-order chi connectivity index (χ0) is 83.8. The molecule has 0 atom stereocenters. The number of para-hydroxylation sites is 5. The Labute approximate surface area is 729 Å². The van der Waals surface area contributed by atoms with E-state index in [0.29, 0.717) is 0 Å². The van der Waals surface area contributed by atoms with Crippen molar-refractivity contribution >= 4 is 142 Å². The molecule has 127 heavy (non-hydrogen) atoms. The van der Waals surface area contributed by atoms with Gasteiger partial charge in [-0.1, -0.05) is 346 Å². The maximum atomic E-state index is 6.23. The van der Waals surface area contributed by atoms with Gasteiger partial charge in [0.25, 0.3) is 0 Å². The summed E-state index contributed by atoms with van der Waals surface area (Å²) in [6.07, 6.45) is 1.85. The first-order valence-electron chi connectivity index (χ1n) is 42.8. The molecule has 7 heterocycles. The van der Waals surface area contributed by atoms with Gasteiger partial charge >= 0.3 is 0 Å². The third-order valence-electron chi connectivity index (χ3n) is 24.7. The largest absolute Gasteiger partial charge is 0.456 e. The Morgan fingerprint density at radius 3 is 1.02 bits per heavy atom. The molecule has 7 aromatic heterocycles. The van der Waals surface area contributed by atoms with Gasteiger partial charge in [-0.2, -0.15) is 0 Å². The van der Waals surface area contributed by atoms with Crippen molar-refractivity contribution in [1.82, 2.24) is 29.9 Å². The van der Waals surface area contributed by atoms with Crippen LogP contribution in [0, 0.1) is 0 Å². The summed E-state index contributed by atoms with van der Waals surface area (Å²) in [6.45, 7) is 0. The summed E-state index contributed by atoms with van der Waals surface area (Å²) in [7, 11) is 0. The van der Waals surface area contributed by atoms with Crippen LogP contribution in [0.3, 0.4) is 0 Å². The number of benzene rings is 19. The molecule has 9 nitrogen and oxygen atoms in total. The molecule has 26 rings (SSSR count). The normalized spacial score (nSPS) is 11.6. The second-order valence-corrected chi connectivity index (χ2v) is 32.1. The predicted octanol–water partition coefficient (Wildman–Crippen LogP) is 31.9. The number of hydrogen-bond acceptors (Lipinski definition) is 9. The zero-order valence-electron chi connectivity index (χ0n) is 68.5. The summed E-state index contributed by atoms with van der Waals surface area (Å²) in [4.78, 5) is 30.8. The lowest BCUT2D eigenvalue weighted by Gasteiger charge is -2.15. The van der Waals surface area contributed by atoms with E-state index in [2.05, 4.69) is 303 Å². The number of nitrogens with zero attached hydrogens (tertiary/aromatic N) is 6. The minimum absolute atomic E-state index is 0.869. The first-order chi connectivity index (χ1) is 63.0. The molecule has 0 aliphatic rings. The van der Waals surface area contributed by atoms with Crippen LogP contribution in [0.25, 0.3) is 254 Å². The van der Waals surface area contributed by atoms with Crippen LogP contribution in [0.15, 0.2) is 450 Å². The van der Waals surface area contributed by atoms with Crippen molar-refractivity contribution in [2.24, 2.45) is 0 Å². The van der Waals surface area contributed by atoms with Crippen LogP contribution in [0.1, 0.15) is 0 Å². The maximum absolute atomic E-state index is 6.23. The summed E-state index contributed by atoms with van der Waals surface area (Å²) >= 11 is 0. The highest BCUT2D eigenvalue weighted by atomic mass is 16.3. The number of aromatic nitrogens is 6. The van der Waals surface area contributed by atoms with E-state index in [1.54, 1.807) is 0 Å². The quantitative estimate of drug-likeness (QED) is 0.132. The topological polar surface area (TPSA) is 117 Å². The van der Waals surface area contributed by atoms with E-state index >= 15 is 0 Å². The Morgan fingerprint density at radius 1 is 0.157 bits per heavy atom. The third-order valence-corrected chi connectivity index (χ3v) is 24.7. The van der Waals surface area contributed by atoms with E-state index in [1.165, 1.54) is 54.6 Å². The van der Waals surface area contributed by atoms with Crippen molar-refractivity contribution in [2.45, 2.75) is 0 Å². The van der Waals surface area contributed by atoms with E-state index in [1.807, 2.05) is 134 Å². The Kier molecular flexibility index (Phi) is 18.0. The van der Waals surface area contributed by atoms with Gasteiger partial charge in [0.15, 0.2) is 0 Å². The van der Waals surface area contributed by atoms with Crippen molar-refractivity contribution in [1.29, 1.82) is 0 Å². The van der Waals surface area contributed by atoms with Crippen LogP contribution < -0.4 is 0 Å². The number of furan rings is 3. The Morgan fingerprint density at radius 2 is 0.512 bits per heavy atom. The smallest absolute Gasteiger partial charge is 0.136 e. The molecule has 0 N–H and O–H groups in total. The molecule has 19 aromatic carbocycles. The molecule has 0 unspecified atom stereocenters. The van der Waals surface area contributed by atoms with Gasteiger partial charge in [0, 0.05) is 77.3 Å². The standard InChI is InChI=1S/C42H26N2O.C40H24N2O.C36H22N2O/c1-3-12-27(13-4-1)41-42(28-14-5-2-6-15-28)44-37-26-29(22-25-36(37)43-41)30-23-24-33(32-17-8-7-16-31(30)32)34-19-11-21-39-40(34)35-18-9-10-20-38(35)45-39;1-2-10-26-23-27(19-18-25(26)9-1)40-33-15-8-22-41-35(33)24-36(42-40)31-21-20-30(28-11-3-4-12-29(28)31)32-14-7-17-38-39(32)34-13-5-6-16-37(34)43-38;1-2-11-23(12-3-1)35-36(38-31-18-8-7-17-30(31)37-35)28-22-21-26(24-13-4-5-14-25(24)28)27-16-10-20-33-34(27)29-15-6-9-19-32(29)39-33/h1-26H;1-24H;1-22H. The van der Waals surface area contributed by atoms with Gasteiger partial charge in [0.1, 0.15) is 33.5 Å². The number of hydrogen-bond donors (Lipinski definition) is 0. The van der Waals surface area contributed by atoms with Crippen molar-refractivity contribution in [3.8, 4) is 112 Å². The average molecular weight is 1620 g/mol. The molecule has 0 saturated carbocycles. The van der Waals surface area contributed by atoms with Crippen LogP contribution in [0.4, 0.5) is 0 Å². The first kappa shape index (κ1) is 73.8. The Balaban J connectivity index is 0.000000107. The van der Waals surface area contributed by atoms with E-state index < -0.39 is 0 Å². The monoisotopic (exact) mass is 1620 g/mol. The molecule has 0 radical (unpaired) electrons. The van der Waals surface area contributed by atoms with Crippen LogP contribution in [0.5, 0.6) is 0 Å². The molecule has 0 amide bonds. The SMILES string of the molecule is c1ccc(-c2nc3ccc(-c4ccc(-c5cccc6oc7ccccc7c56)c5ccccc45)cc3nc2-c2ccccc2)cc1.c1ccc(-c2nc3ccccc3nc2-c2ccc(-c3cccc4oc5ccccc5c34)c3ccccc23)cc1.c1ccc2cc(-c3nc(-c4ccc(-c5cccc6oc7ccccc7c56)c5ccccc45)cc4ncccc34)ccc2c1.